The molecule has 16 heavy (non-hydrogen) atoms. The van der Waals surface area contributed by atoms with Crippen LogP contribution in [0.5, 0.6) is 11.8 Å². The molecule has 1 heterocycles. The molecule has 1 N–H and O–H groups in total. The minimum absolute atomic E-state index is 0.0205. The topological polar surface area (TPSA) is 55.2 Å². The van der Waals surface area contributed by atoms with Crippen molar-refractivity contribution in [3.63, 3.8) is 0 Å². The molecule has 4 nitrogen and oxygen atoms in total. The van der Waals surface area contributed by atoms with Crippen LogP contribution in [0.1, 0.15) is 5.56 Å². The molecule has 0 saturated carbocycles. The highest BCUT2D eigenvalue weighted by Crippen LogP contribution is 2.17. The van der Waals surface area contributed by atoms with E-state index in [1.54, 1.807) is 24.3 Å². The fourth-order valence-electron chi connectivity index (χ4n) is 1.12. The van der Waals surface area contributed by atoms with Gasteiger partial charge in [-0.15, -0.1) is 0 Å². The van der Waals surface area contributed by atoms with Crippen molar-refractivity contribution < 1.29 is 14.2 Å². The summed E-state index contributed by atoms with van der Waals surface area (Å²) in [5.74, 6) is 0.0202. The van der Waals surface area contributed by atoms with E-state index in [-0.39, 0.29) is 12.6 Å². The summed E-state index contributed by atoms with van der Waals surface area (Å²) in [6, 6.07) is 6.88. The molecular formula is C11H9FN2O2. The number of halogens is 1. The summed E-state index contributed by atoms with van der Waals surface area (Å²) in [5.41, 5.74) is 0.785. The number of hydrogen-bond acceptors (Lipinski definition) is 4. The SMILES string of the molecule is OCc1ccc(Oc2ncc(F)cn2)cc1. The monoisotopic (exact) mass is 220 g/mol. The summed E-state index contributed by atoms with van der Waals surface area (Å²) in [7, 11) is 0. The first kappa shape index (κ1) is 10.5. The Hall–Kier alpha value is -2.01. The molecular weight excluding hydrogens is 211 g/mol. The molecule has 0 aliphatic rings. The maximum atomic E-state index is 12.5. The second-order valence-corrected chi connectivity index (χ2v) is 3.09. The van der Waals surface area contributed by atoms with Crippen LogP contribution >= 0.6 is 0 Å². The van der Waals surface area contributed by atoms with Crippen LogP contribution in [0.15, 0.2) is 36.7 Å². The van der Waals surface area contributed by atoms with Gasteiger partial charge in [-0.2, -0.15) is 0 Å². The Morgan fingerprint density at radius 2 is 1.75 bits per heavy atom. The van der Waals surface area contributed by atoms with Gasteiger partial charge in [0.05, 0.1) is 19.0 Å². The Labute approximate surface area is 91.4 Å². The molecule has 0 radical (unpaired) electrons. The van der Waals surface area contributed by atoms with Crippen LogP contribution in [0.3, 0.4) is 0 Å². The molecule has 2 aromatic rings. The van der Waals surface area contributed by atoms with E-state index in [0.717, 1.165) is 18.0 Å². The van der Waals surface area contributed by atoms with Gasteiger partial charge >= 0.3 is 6.01 Å². The molecule has 0 aliphatic heterocycles. The number of rotatable bonds is 3. The van der Waals surface area contributed by atoms with Crippen molar-refractivity contribution in [2.45, 2.75) is 6.61 Å². The van der Waals surface area contributed by atoms with Gasteiger partial charge in [-0.05, 0) is 17.7 Å². The van der Waals surface area contributed by atoms with Crippen LogP contribution in [-0.4, -0.2) is 15.1 Å². The predicted octanol–water partition coefficient (Wildman–Crippen LogP) is 1.90. The minimum Gasteiger partial charge on any atom is -0.424 e. The average molecular weight is 220 g/mol. The Morgan fingerprint density at radius 1 is 1.12 bits per heavy atom. The number of aliphatic hydroxyl groups is 1. The van der Waals surface area contributed by atoms with Gasteiger partial charge in [-0.3, -0.25) is 0 Å². The first-order valence-corrected chi connectivity index (χ1v) is 4.63. The molecule has 0 aliphatic carbocycles. The van der Waals surface area contributed by atoms with Gasteiger partial charge in [0, 0.05) is 0 Å². The highest BCUT2D eigenvalue weighted by molar-refractivity contribution is 5.28. The Bertz CT molecular complexity index is 456. The predicted molar refractivity (Wildman–Crippen MR) is 54.4 cm³/mol. The van der Waals surface area contributed by atoms with Crippen molar-refractivity contribution in [1.29, 1.82) is 0 Å². The average Bonchev–Trinajstić information content (AvgIpc) is 2.33. The smallest absolute Gasteiger partial charge is 0.322 e. The number of aromatic nitrogens is 2. The fraction of sp³-hybridized carbons (Fsp3) is 0.0909. The Balaban J connectivity index is 2.11. The van der Waals surface area contributed by atoms with E-state index in [4.69, 9.17) is 9.84 Å². The Morgan fingerprint density at radius 3 is 2.31 bits per heavy atom. The molecule has 0 fully saturated rings. The molecule has 1 aromatic heterocycles. The summed E-state index contributed by atoms with van der Waals surface area (Å²) in [6.45, 7) is -0.0205. The van der Waals surface area contributed by atoms with E-state index in [9.17, 15) is 4.39 Å². The number of aliphatic hydroxyl groups excluding tert-OH is 1. The third kappa shape index (κ3) is 2.52. The van der Waals surface area contributed by atoms with E-state index in [0.29, 0.717) is 5.75 Å². The molecule has 0 bridgehead atoms. The zero-order valence-corrected chi connectivity index (χ0v) is 8.30. The zero-order valence-electron chi connectivity index (χ0n) is 8.30. The van der Waals surface area contributed by atoms with E-state index in [1.807, 2.05) is 0 Å². The summed E-state index contributed by atoms with van der Waals surface area (Å²) in [5, 5.41) is 8.84. The van der Waals surface area contributed by atoms with Gasteiger partial charge in [0.1, 0.15) is 5.75 Å². The highest BCUT2D eigenvalue weighted by atomic mass is 19.1. The zero-order chi connectivity index (χ0) is 11.4. The maximum Gasteiger partial charge on any atom is 0.322 e. The summed E-state index contributed by atoms with van der Waals surface area (Å²) >= 11 is 0. The first-order valence-electron chi connectivity index (χ1n) is 4.63. The van der Waals surface area contributed by atoms with Gasteiger partial charge in [0.15, 0.2) is 5.82 Å². The van der Waals surface area contributed by atoms with E-state index >= 15 is 0 Å². The Kier molecular flexibility index (Phi) is 3.07. The number of ether oxygens (including phenoxy) is 1. The van der Waals surface area contributed by atoms with Gasteiger partial charge in [-0.25, -0.2) is 14.4 Å². The number of hydrogen-bond donors (Lipinski definition) is 1. The molecule has 2 rings (SSSR count). The lowest BCUT2D eigenvalue weighted by molar-refractivity contribution is 0.281. The van der Waals surface area contributed by atoms with Crippen LogP contribution in [-0.2, 0) is 6.61 Å². The normalized spacial score (nSPS) is 10.1. The van der Waals surface area contributed by atoms with Crippen molar-refractivity contribution >= 4 is 0 Å². The van der Waals surface area contributed by atoms with Crippen molar-refractivity contribution in [3.05, 3.63) is 48.0 Å². The largest absolute Gasteiger partial charge is 0.424 e. The standard InChI is InChI=1S/C11H9FN2O2/c12-9-5-13-11(14-6-9)16-10-3-1-8(7-15)2-4-10/h1-6,15H,7H2. The summed E-state index contributed by atoms with van der Waals surface area (Å²) in [6.07, 6.45) is 2.06. The highest BCUT2D eigenvalue weighted by Gasteiger charge is 2.00. The minimum atomic E-state index is -0.511. The third-order valence-corrected chi connectivity index (χ3v) is 1.91. The maximum absolute atomic E-state index is 12.5. The summed E-state index contributed by atoms with van der Waals surface area (Å²) < 4.78 is 17.8. The lowest BCUT2D eigenvalue weighted by Crippen LogP contribution is -1.92. The number of benzene rings is 1. The number of nitrogens with zero attached hydrogens (tertiary/aromatic N) is 2. The van der Waals surface area contributed by atoms with E-state index < -0.39 is 5.82 Å². The molecule has 82 valence electrons. The molecule has 0 amide bonds. The molecule has 5 heteroatoms. The van der Waals surface area contributed by atoms with Gasteiger partial charge in [0.25, 0.3) is 0 Å². The van der Waals surface area contributed by atoms with Crippen LogP contribution in [0, 0.1) is 5.82 Å². The third-order valence-electron chi connectivity index (χ3n) is 1.91. The van der Waals surface area contributed by atoms with Gasteiger partial charge in [-0.1, -0.05) is 12.1 Å². The van der Waals surface area contributed by atoms with Crippen LogP contribution in [0.4, 0.5) is 4.39 Å². The van der Waals surface area contributed by atoms with Crippen molar-refractivity contribution in [1.82, 2.24) is 9.97 Å². The second kappa shape index (κ2) is 4.67. The van der Waals surface area contributed by atoms with Gasteiger partial charge < -0.3 is 9.84 Å². The summed E-state index contributed by atoms with van der Waals surface area (Å²) in [4.78, 5) is 7.32. The molecule has 0 spiro atoms. The van der Waals surface area contributed by atoms with Crippen molar-refractivity contribution in [2.24, 2.45) is 0 Å². The van der Waals surface area contributed by atoms with E-state index in [1.165, 1.54) is 0 Å². The van der Waals surface area contributed by atoms with Gasteiger partial charge in [0.2, 0.25) is 0 Å². The lowest BCUT2D eigenvalue weighted by Gasteiger charge is -2.03. The quantitative estimate of drug-likeness (QED) is 0.858. The molecule has 0 atom stereocenters. The first-order chi connectivity index (χ1) is 7.78. The lowest BCUT2D eigenvalue weighted by atomic mass is 10.2. The van der Waals surface area contributed by atoms with E-state index in [2.05, 4.69) is 9.97 Å². The molecule has 1 aromatic carbocycles. The fourth-order valence-corrected chi connectivity index (χ4v) is 1.12. The van der Waals surface area contributed by atoms with Crippen molar-refractivity contribution in [3.8, 4) is 11.8 Å². The van der Waals surface area contributed by atoms with Crippen LogP contribution in [0.25, 0.3) is 0 Å². The van der Waals surface area contributed by atoms with Crippen molar-refractivity contribution in [2.75, 3.05) is 0 Å². The van der Waals surface area contributed by atoms with Crippen LogP contribution < -0.4 is 4.74 Å². The molecule has 0 unspecified atom stereocenters. The molecule has 0 saturated heterocycles. The second-order valence-electron chi connectivity index (χ2n) is 3.09. The van der Waals surface area contributed by atoms with Crippen LogP contribution in [0.2, 0.25) is 0 Å².